The van der Waals surface area contributed by atoms with Crippen LogP contribution in [0.3, 0.4) is 0 Å². The van der Waals surface area contributed by atoms with Crippen LogP contribution in [0.15, 0.2) is 30.9 Å². The zero-order valence-electron chi connectivity index (χ0n) is 20.5. The largest absolute Gasteiger partial charge is 0.444 e. The third-order valence-electron chi connectivity index (χ3n) is 5.64. The summed E-state index contributed by atoms with van der Waals surface area (Å²) in [4.78, 5) is 41.9. The average Bonchev–Trinajstić information content (AvgIpc) is 3.20. The molecule has 11 nitrogen and oxygen atoms in total. The molecular formula is C24H32N8O3. The quantitative estimate of drug-likeness (QED) is 0.490. The first kappa shape index (κ1) is 24.4. The van der Waals surface area contributed by atoms with Crippen molar-refractivity contribution in [3.63, 3.8) is 0 Å². The third-order valence-corrected chi connectivity index (χ3v) is 5.64. The van der Waals surface area contributed by atoms with Crippen molar-refractivity contribution in [2.75, 3.05) is 5.32 Å². The van der Waals surface area contributed by atoms with Gasteiger partial charge in [-0.15, -0.1) is 0 Å². The fourth-order valence-electron chi connectivity index (χ4n) is 3.93. The maximum atomic E-state index is 12.6. The number of hydrogen-bond donors (Lipinski definition) is 3. The summed E-state index contributed by atoms with van der Waals surface area (Å²) in [5.41, 5.74) is 1.60. The molecule has 0 radical (unpaired) electrons. The van der Waals surface area contributed by atoms with Crippen LogP contribution >= 0.6 is 0 Å². The van der Waals surface area contributed by atoms with Gasteiger partial charge in [-0.05, 0) is 59.4 Å². The molecule has 4 rings (SSSR count). The van der Waals surface area contributed by atoms with Crippen molar-refractivity contribution in [1.29, 1.82) is 0 Å². The Bertz CT molecular complexity index is 1180. The molecule has 0 aromatic carbocycles. The van der Waals surface area contributed by atoms with Crippen LogP contribution in [-0.4, -0.2) is 54.0 Å². The number of aryl methyl sites for hydroxylation is 1. The van der Waals surface area contributed by atoms with E-state index >= 15 is 0 Å². The Hall–Kier alpha value is -3.76. The van der Waals surface area contributed by atoms with E-state index < -0.39 is 11.7 Å². The molecular weight excluding hydrogens is 448 g/mol. The minimum atomic E-state index is -0.521. The highest BCUT2D eigenvalue weighted by atomic mass is 16.6. The van der Waals surface area contributed by atoms with Crippen LogP contribution in [0.2, 0.25) is 0 Å². The number of aromatic nitrogens is 5. The summed E-state index contributed by atoms with van der Waals surface area (Å²) in [5.74, 6) is 0.850. The Balaban J connectivity index is 1.22. The predicted octanol–water partition coefficient (Wildman–Crippen LogP) is 3.01. The molecule has 0 bridgehead atoms. The topological polar surface area (TPSA) is 135 Å². The number of carbonyl (C=O) groups excluding carboxylic acids is 2. The lowest BCUT2D eigenvalue weighted by molar-refractivity contribution is 0.0488. The molecule has 2 amide bonds. The van der Waals surface area contributed by atoms with Crippen molar-refractivity contribution in [1.82, 2.24) is 35.0 Å². The molecule has 0 saturated heterocycles. The van der Waals surface area contributed by atoms with E-state index in [1.807, 2.05) is 50.6 Å². The number of nitrogens with zero attached hydrogens (tertiary/aromatic N) is 5. The number of imidazole rings is 1. The summed E-state index contributed by atoms with van der Waals surface area (Å²) in [5, 5.41) is 9.07. The van der Waals surface area contributed by atoms with Crippen LogP contribution in [0.4, 0.5) is 10.7 Å². The molecule has 3 heterocycles. The van der Waals surface area contributed by atoms with Crippen LogP contribution in [0, 0.1) is 6.92 Å². The second-order valence-corrected chi connectivity index (χ2v) is 9.83. The van der Waals surface area contributed by atoms with Crippen molar-refractivity contribution in [3.8, 4) is 0 Å². The monoisotopic (exact) mass is 480 g/mol. The molecule has 1 fully saturated rings. The summed E-state index contributed by atoms with van der Waals surface area (Å²) in [7, 11) is 0. The van der Waals surface area contributed by atoms with E-state index in [0.29, 0.717) is 23.8 Å². The Kier molecular flexibility index (Phi) is 7.13. The smallest absolute Gasteiger partial charge is 0.407 e. The first-order valence-corrected chi connectivity index (χ1v) is 11.8. The number of alkyl carbamates (subject to hydrolysis) is 1. The Labute approximate surface area is 204 Å². The van der Waals surface area contributed by atoms with Crippen molar-refractivity contribution in [3.05, 3.63) is 47.8 Å². The molecule has 3 aromatic rings. The van der Waals surface area contributed by atoms with Gasteiger partial charge < -0.3 is 20.7 Å². The van der Waals surface area contributed by atoms with Gasteiger partial charge in [0.2, 0.25) is 11.7 Å². The van der Waals surface area contributed by atoms with E-state index in [-0.39, 0.29) is 18.0 Å². The normalized spacial score (nSPS) is 18.2. The molecule has 35 heavy (non-hydrogen) atoms. The molecule has 0 unspecified atom stereocenters. The van der Waals surface area contributed by atoms with Gasteiger partial charge in [0.15, 0.2) is 0 Å². The standard InChI is InChI=1S/C24H32N8O3/c1-15-9-10-32-14-19(30-22(32)28-15)13-27-21-25-11-16(12-26-21)20(33)29-17-5-7-18(8-6-17)31-23(34)35-24(2,3)4/h9-12,14,17-18H,5-8,13H2,1-4H3,(H,29,33)(H,31,34)(H,25,26,27). The zero-order valence-corrected chi connectivity index (χ0v) is 20.5. The highest BCUT2D eigenvalue weighted by Crippen LogP contribution is 2.20. The van der Waals surface area contributed by atoms with Crippen LogP contribution in [0.1, 0.15) is 68.2 Å². The first-order valence-electron chi connectivity index (χ1n) is 11.8. The van der Waals surface area contributed by atoms with Crippen molar-refractivity contribution >= 4 is 23.7 Å². The van der Waals surface area contributed by atoms with Crippen LogP contribution in [0.5, 0.6) is 0 Å². The molecule has 1 aliphatic carbocycles. The number of amides is 2. The lowest BCUT2D eigenvalue weighted by Gasteiger charge is -2.30. The zero-order chi connectivity index (χ0) is 25.0. The number of hydrogen-bond acceptors (Lipinski definition) is 8. The lowest BCUT2D eigenvalue weighted by Crippen LogP contribution is -2.45. The van der Waals surface area contributed by atoms with E-state index in [4.69, 9.17) is 4.74 Å². The second kappa shape index (κ2) is 10.2. The maximum absolute atomic E-state index is 12.6. The lowest BCUT2D eigenvalue weighted by atomic mass is 9.91. The van der Waals surface area contributed by atoms with Gasteiger partial charge >= 0.3 is 6.09 Å². The molecule has 0 spiro atoms. The number of nitrogens with one attached hydrogen (secondary N) is 3. The Morgan fingerprint density at radius 1 is 1.06 bits per heavy atom. The molecule has 3 N–H and O–H groups in total. The van der Waals surface area contributed by atoms with Gasteiger partial charge in [0.05, 0.1) is 17.8 Å². The van der Waals surface area contributed by atoms with Gasteiger partial charge in [-0.2, -0.15) is 0 Å². The Morgan fingerprint density at radius 3 is 2.37 bits per heavy atom. The van der Waals surface area contributed by atoms with E-state index in [9.17, 15) is 9.59 Å². The minimum Gasteiger partial charge on any atom is -0.444 e. The van der Waals surface area contributed by atoms with Crippen LogP contribution in [-0.2, 0) is 11.3 Å². The van der Waals surface area contributed by atoms with Crippen LogP contribution in [0.25, 0.3) is 5.78 Å². The van der Waals surface area contributed by atoms with Gasteiger partial charge in [0, 0.05) is 42.6 Å². The highest BCUT2D eigenvalue weighted by molar-refractivity contribution is 5.93. The van der Waals surface area contributed by atoms with Gasteiger partial charge in [-0.3, -0.25) is 9.20 Å². The van der Waals surface area contributed by atoms with Crippen molar-refractivity contribution in [2.24, 2.45) is 0 Å². The van der Waals surface area contributed by atoms with Crippen LogP contribution < -0.4 is 16.0 Å². The molecule has 0 aliphatic heterocycles. The SMILES string of the molecule is Cc1ccn2cc(CNc3ncc(C(=O)NC4CCC(NC(=O)OC(C)(C)C)CC4)cn3)nc2n1. The second-order valence-electron chi connectivity index (χ2n) is 9.83. The number of anilines is 1. The van der Waals surface area contributed by atoms with Gasteiger partial charge in [-0.1, -0.05) is 0 Å². The number of carbonyl (C=O) groups is 2. The van der Waals surface area contributed by atoms with E-state index in [1.54, 1.807) is 0 Å². The van der Waals surface area contributed by atoms with Crippen molar-refractivity contribution < 1.29 is 14.3 Å². The molecule has 1 aliphatic rings. The maximum Gasteiger partial charge on any atom is 0.407 e. The fraction of sp³-hybridized carbons (Fsp3) is 0.500. The molecule has 0 atom stereocenters. The molecule has 1 saturated carbocycles. The molecule has 11 heteroatoms. The summed E-state index contributed by atoms with van der Waals surface area (Å²) < 4.78 is 7.17. The predicted molar refractivity (Wildman–Crippen MR) is 130 cm³/mol. The van der Waals surface area contributed by atoms with E-state index in [2.05, 4.69) is 35.9 Å². The van der Waals surface area contributed by atoms with Crippen molar-refractivity contribution in [2.45, 2.75) is 77.6 Å². The molecule has 3 aromatic heterocycles. The van der Waals surface area contributed by atoms with Gasteiger partial charge in [0.1, 0.15) is 5.60 Å². The fourth-order valence-corrected chi connectivity index (χ4v) is 3.93. The highest BCUT2D eigenvalue weighted by Gasteiger charge is 2.26. The summed E-state index contributed by atoms with van der Waals surface area (Å²) >= 11 is 0. The minimum absolute atomic E-state index is 0.0456. The Morgan fingerprint density at radius 2 is 1.71 bits per heavy atom. The number of ether oxygens (including phenoxy) is 1. The third kappa shape index (κ3) is 6.87. The summed E-state index contributed by atoms with van der Waals surface area (Å²) in [6.45, 7) is 7.88. The first-order chi connectivity index (χ1) is 16.6. The number of fused-ring (bicyclic) bond motifs is 1. The molecule has 186 valence electrons. The summed E-state index contributed by atoms with van der Waals surface area (Å²) in [6.07, 6.45) is 9.55. The summed E-state index contributed by atoms with van der Waals surface area (Å²) in [6, 6.07) is 2.02. The van der Waals surface area contributed by atoms with Gasteiger partial charge in [0.25, 0.3) is 5.91 Å². The average molecular weight is 481 g/mol. The number of rotatable bonds is 6. The van der Waals surface area contributed by atoms with E-state index in [0.717, 1.165) is 37.1 Å². The van der Waals surface area contributed by atoms with E-state index in [1.165, 1.54) is 12.4 Å². The van der Waals surface area contributed by atoms with Gasteiger partial charge in [-0.25, -0.2) is 24.7 Å².